The maximum Gasteiger partial charge on any atom is 0.248 e. The second-order valence-corrected chi connectivity index (χ2v) is 3.18. The standard InChI is InChI=1S/C9H9NO2/c1-5-4-7-6(9(5)12)2-3-8(11)10-7/h2-3,5H,4H2,1H3,(H,10,11). The normalized spacial score (nSPS) is 21.1. The lowest BCUT2D eigenvalue weighted by Gasteiger charge is -1.93. The molecule has 0 saturated carbocycles. The van der Waals surface area contributed by atoms with E-state index in [0.29, 0.717) is 12.0 Å². The molecule has 1 unspecified atom stereocenters. The molecule has 1 heterocycles. The quantitative estimate of drug-likeness (QED) is 0.613. The number of pyridine rings is 1. The summed E-state index contributed by atoms with van der Waals surface area (Å²) in [5, 5.41) is 0. The third kappa shape index (κ3) is 0.897. The number of carbonyl (C=O) groups excluding carboxylic acids is 1. The molecule has 1 atom stereocenters. The number of carbonyl (C=O) groups is 1. The summed E-state index contributed by atoms with van der Waals surface area (Å²) in [5.74, 6) is 0.166. The average Bonchev–Trinajstić information content (AvgIpc) is 2.28. The lowest BCUT2D eigenvalue weighted by molar-refractivity contribution is 0.0946. The van der Waals surface area contributed by atoms with Crippen LogP contribution in [0.2, 0.25) is 0 Å². The van der Waals surface area contributed by atoms with Gasteiger partial charge in [-0.3, -0.25) is 9.59 Å². The van der Waals surface area contributed by atoms with Crippen molar-refractivity contribution in [2.24, 2.45) is 5.92 Å². The fourth-order valence-electron chi connectivity index (χ4n) is 1.57. The topological polar surface area (TPSA) is 49.9 Å². The van der Waals surface area contributed by atoms with Crippen molar-refractivity contribution in [3.63, 3.8) is 0 Å². The summed E-state index contributed by atoms with van der Waals surface area (Å²) in [7, 11) is 0. The summed E-state index contributed by atoms with van der Waals surface area (Å²) in [6, 6.07) is 3.01. The van der Waals surface area contributed by atoms with Crippen molar-refractivity contribution >= 4 is 5.78 Å². The molecule has 0 saturated heterocycles. The maximum atomic E-state index is 11.4. The number of fused-ring (bicyclic) bond motifs is 1. The van der Waals surface area contributed by atoms with Gasteiger partial charge in [-0.2, -0.15) is 0 Å². The van der Waals surface area contributed by atoms with Crippen LogP contribution in [0, 0.1) is 5.92 Å². The van der Waals surface area contributed by atoms with Crippen molar-refractivity contribution in [3.05, 3.63) is 33.7 Å². The molecule has 62 valence electrons. The number of rotatable bonds is 0. The van der Waals surface area contributed by atoms with Gasteiger partial charge in [0.05, 0.1) is 0 Å². The number of ketones is 1. The Morgan fingerprint density at radius 3 is 2.92 bits per heavy atom. The molecule has 1 aliphatic rings. The van der Waals surface area contributed by atoms with Crippen molar-refractivity contribution in [3.8, 4) is 0 Å². The van der Waals surface area contributed by atoms with E-state index in [-0.39, 0.29) is 17.3 Å². The lowest BCUT2D eigenvalue weighted by atomic mass is 10.1. The first-order chi connectivity index (χ1) is 5.68. The number of hydrogen-bond donors (Lipinski definition) is 1. The largest absolute Gasteiger partial charge is 0.325 e. The molecule has 1 N–H and O–H groups in total. The third-order valence-corrected chi connectivity index (χ3v) is 2.22. The zero-order chi connectivity index (χ0) is 8.72. The Bertz CT molecular complexity index is 392. The molecule has 0 bridgehead atoms. The highest BCUT2D eigenvalue weighted by Crippen LogP contribution is 2.22. The van der Waals surface area contributed by atoms with Crippen LogP contribution in [0.3, 0.4) is 0 Å². The first kappa shape index (κ1) is 7.28. The molecule has 0 aliphatic heterocycles. The first-order valence-corrected chi connectivity index (χ1v) is 3.95. The Morgan fingerprint density at radius 1 is 1.42 bits per heavy atom. The summed E-state index contributed by atoms with van der Waals surface area (Å²) in [4.78, 5) is 24.9. The van der Waals surface area contributed by atoms with Gasteiger partial charge >= 0.3 is 0 Å². The van der Waals surface area contributed by atoms with E-state index in [0.717, 1.165) is 5.69 Å². The number of aromatic amines is 1. The molecule has 3 heteroatoms. The molecule has 0 radical (unpaired) electrons. The number of H-pyrrole nitrogens is 1. The van der Waals surface area contributed by atoms with E-state index in [9.17, 15) is 9.59 Å². The van der Waals surface area contributed by atoms with Gasteiger partial charge < -0.3 is 4.98 Å². The lowest BCUT2D eigenvalue weighted by Crippen LogP contribution is -2.07. The van der Waals surface area contributed by atoms with Crippen LogP contribution in [-0.2, 0) is 6.42 Å². The fourth-order valence-corrected chi connectivity index (χ4v) is 1.57. The van der Waals surface area contributed by atoms with Crippen LogP contribution >= 0.6 is 0 Å². The molecular formula is C9H9NO2. The summed E-state index contributed by atoms with van der Waals surface area (Å²) >= 11 is 0. The average molecular weight is 163 g/mol. The van der Waals surface area contributed by atoms with Gasteiger partial charge in [0.2, 0.25) is 5.56 Å². The molecule has 3 nitrogen and oxygen atoms in total. The molecule has 0 amide bonds. The van der Waals surface area contributed by atoms with Crippen molar-refractivity contribution in [2.75, 3.05) is 0 Å². The molecule has 0 spiro atoms. The van der Waals surface area contributed by atoms with Gasteiger partial charge in [0.1, 0.15) is 0 Å². The maximum absolute atomic E-state index is 11.4. The highest BCUT2D eigenvalue weighted by atomic mass is 16.1. The molecule has 2 rings (SSSR count). The van der Waals surface area contributed by atoms with E-state index in [1.54, 1.807) is 6.07 Å². The van der Waals surface area contributed by atoms with E-state index < -0.39 is 0 Å². The molecule has 0 fully saturated rings. The summed E-state index contributed by atoms with van der Waals surface area (Å²) in [5.41, 5.74) is 1.35. The Morgan fingerprint density at radius 2 is 2.17 bits per heavy atom. The second kappa shape index (κ2) is 2.30. The molecule has 12 heavy (non-hydrogen) atoms. The van der Waals surface area contributed by atoms with Crippen LogP contribution in [-0.4, -0.2) is 10.8 Å². The minimum Gasteiger partial charge on any atom is -0.325 e. The summed E-state index contributed by atoms with van der Waals surface area (Å²) < 4.78 is 0. The Balaban J connectivity index is 2.62. The van der Waals surface area contributed by atoms with Gasteiger partial charge in [0.15, 0.2) is 5.78 Å². The van der Waals surface area contributed by atoms with Gasteiger partial charge in [0.25, 0.3) is 0 Å². The van der Waals surface area contributed by atoms with E-state index in [2.05, 4.69) is 4.98 Å². The summed E-state index contributed by atoms with van der Waals surface area (Å²) in [6.45, 7) is 1.88. The van der Waals surface area contributed by atoms with E-state index in [1.807, 2.05) is 6.92 Å². The molecule has 1 aromatic heterocycles. The minimum absolute atomic E-state index is 0.0260. The SMILES string of the molecule is CC1Cc2[nH]c(=O)ccc2C1=O. The first-order valence-electron chi connectivity index (χ1n) is 3.95. The van der Waals surface area contributed by atoms with E-state index in [1.165, 1.54) is 6.07 Å². The van der Waals surface area contributed by atoms with Crippen molar-refractivity contribution in [1.82, 2.24) is 4.98 Å². The number of hydrogen-bond acceptors (Lipinski definition) is 2. The van der Waals surface area contributed by atoms with Gasteiger partial charge in [-0.05, 0) is 12.5 Å². The number of aromatic nitrogens is 1. The van der Waals surface area contributed by atoms with Gasteiger partial charge in [-0.1, -0.05) is 6.92 Å². The van der Waals surface area contributed by atoms with E-state index >= 15 is 0 Å². The minimum atomic E-state index is -0.129. The molecule has 0 aromatic carbocycles. The van der Waals surface area contributed by atoms with Crippen LogP contribution in [0.25, 0.3) is 0 Å². The molecular weight excluding hydrogens is 154 g/mol. The predicted octanol–water partition coefficient (Wildman–Crippen LogP) is 0.750. The molecule has 1 aromatic rings. The van der Waals surface area contributed by atoms with Gasteiger partial charge in [0, 0.05) is 23.2 Å². The third-order valence-electron chi connectivity index (χ3n) is 2.22. The highest BCUT2D eigenvalue weighted by molar-refractivity contribution is 6.01. The Kier molecular flexibility index (Phi) is 1.40. The highest BCUT2D eigenvalue weighted by Gasteiger charge is 2.26. The van der Waals surface area contributed by atoms with Gasteiger partial charge in [-0.15, -0.1) is 0 Å². The smallest absolute Gasteiger partial charge is 0.248 e. The van der Waals surface area contributed by atoms with Gasteiger partial charge in [-0.25, -0.2) is 0 Å². The number of nitrogens with one attached hydrogen (secondary N) is 1. The van der Waals surface area contributed by atoms with Crippen LogP contribution in [0.5, 0.6) is 0 Å². The van der Waals surface area contributed by atoms with E-state index in [4.69, 9.17) is 0 Å². The Labute approximate surface area is 69.4 Å². The summed E-state index contributed by atoms with van der Waals surface area (Å²) in [6.07, 6.45) is 0.671. The molecule has 1 aliphatic carbocycles. The predicted molar refractivity (Wildman–Crippen MR) is 44.3 cm³/mol. The zero-order valence-electron chi connectivity index (χ0n) is 6.76. The van der Waals surface area contributed by atoms with Crippen LogP contribution in [0.4, 0.5) is 0 Å². The van der Waals surface area contributed by atoms with Crippen molar-refractivity contribution in [2.45, 2.75) is 13.3 Å². The van der Waals surface area contributed by atoms with Crippen LogP contribution in [0.1, 0.15) is 23.0 Å². The number of Topliss-reactive ketones (excluding diaryl/α,β-unsaturated/α-hetero) is 1. The van der Waals surface area contributed by atoms with Crippen molar-refractivity contribution in [1.29, 1.82) is 0 Å². The Hall–Kier alpha value is -1.38. The van der Waals surface area contributed by atoms with Crippen molar-refractivity contribution < 1.29 is 4.79 Å². The fraction of sp³-hybridized carbons (Fsp3) is 0.333. The zero-order valence-corrected chi connectivity index (χ0v) is 6.76. The monoisotopic (exact) mass is 163 g/mol. The van der Waals surface area contributed by atoms with Crippen LogP contribution in [0.15, 0.2) is 16.9 Å². The second-order valence-electron chi connectivity index (χ2n) is 3.18. The van der Waals surface area contributed by atoms with Crippen LogP contribution < -0.4 is 5.56 Å².